The van der Waals surface area contributed by atoms with Gasteiger partial charge in [-0.1, -0.05) is 0 Å². The van der Waals surface area contributed by atoms with Gasteiger partial charge in [0.2, 0.25) is 11.7 Å². The quantitative estimate of drug-likeness (QED) is 0.823. The van der Waals surface area contributed by atoms with Crippen LogP contribution in [0.4, 0.5) is 24.7 Å². The van der Waals surface area contributed by atoms with Gasteiger partial charge in [0.05, 0.1) is 18.3 Å². The Bertz CT molecular complexity index is 893. The fourth-order valence-electron chi connectivity index (χ4n) is 2.79. The van der Waals surface area contributed by atoms with Crippen molar-refractivity contribution in [3.05, 3.63) is 34.0 Å². The van der Waals surface area contributed by atoms with Crippen LogP contribution >= 0.6 is 0 Å². The van der Waals surface area contributed by atoms with Gasteiger partial charge in [0, 0.05) is 6.07 Å². The topological polar surface area (TPSA) is 81.9 Å². The molecule has 7 nitrogen and oxygen atoms in total. The zero-order valence-corrected chi connectivity index (χ0v) is 15.2. The lowest BCUT2D eigenvalue weighted by Gasteiger charge is -2.17. The van der Waals surface area contributed by atoms with Gasteiger partial charge in [-0.2, -0.15) is 18.3 Å². The van der Waals surface area contributed by atoms with Gasteiger partial charge in [-0.3, -0.25) is 4.79 Å². The summed E-state index contributed by atoms with van der Waals surface area (Å²) in [6, 6.07) is 2.34. The van der Waals surface area contributed by atoms with Crippen LogP contribution in [-0.4, -0.2) is 26.4 Å². The zero-order chi connectivity index (χ0) is 19.8. The lowest BCUT2D eigenvalue weighted by atomic mass is 10.2. The van der Waals surface area contributed by atoms with Crippen LogP contribution in [0.3, 0.4) is 0 Å². The van der Waals surface area contributed by atoms with Crippen LogP contribution in [0.1, 0.15) is 44.2 Å². The fraction of sp³-hybridized carbons (Fsp3) is 0.529. The molecule has 2 aromatic heterocycles. The van der Waals surface area contributed by atoms with E-state index in [9.17, 15) is 18.0 Å². The third-order valence-electron chi connectivity index (χ3n) is 4.31. The Morgan fingerprint density at radius 3 is 2.63 bits per heavy atom. The molecule has 0 radical (unpaired) electrons. The third kappa shape index (κ3) is 4.20. The van der Waals surface area contributed by atoms with Crippen molar-refractivity contribution in [1.29, 1.82) is 0 Å². The highest BCUT2D eigenvalue weighted by molar-refractivity contribution is 5.59. The summed E-state index contributed by atoms with van der Waals surface area (Å²) in [5, 5.41) is 6.63. The van der Waals surface area contributed by atoms with Crippen LogP contribution in [0, 0.1) is 12.8 Å². The summed E-state index contributed by atoms with van der Waals surface area (Å²) in [5.41, 5.74) is -2.11. The molecule has 1 saturated carbocycles. The molecule has 2 heterocycles. The van der Waals surface area contributed by atoms with Crippen LogP contribution < -0.4 is 15.6 Å². The number of hydrogen-bond acceptors (Lipinski definition) is 6. The number of nitrogens with one attached hydrogen (secondary N) is 1. The smallest absolute Gasteiger partial charge is 0.435 e. The van der Waals surface area contributed by atoms with Gasteiger partial charge in [-0.25, -0.2) is 14.6 Å². The van der Waals surface area contributed by atoms with E-state index < -0.39 is 17.4 Å². The van der Waals surface area contributed by atoms with Gasteiger partial charge < -0.3 is 10.1 Å². The van der Waals surface area contributed by atoms with Crippen molar-refractivity contribution in [2.45, 2.75) is 45.8 Å². The van der Waals surface area contributed by atoms with Gasteiger partial charge >= 0.3 is 11.7 Å². The minimum Gasteiger partial charge on any atom is -0.478 e. The van der Waals surface area contributed by atoms with Crippen molar-refractivity contribution in [3.63, 3.8) is 0 Å². The van der Waals surface area contributed by atoms with E-state index in [2.05, 4.69) is 20.4 Å². The van der Waals surface area contributed by atoms with Crippen LogP contribution in [-0.2, 0) is 6.18 Å². The number of rotatable bonds is 6. The summed E-state index contributed by atoms with van der Waals surface area (Å²) >= 11 is 0. The number of pyridine rings is 1. The highest BCUT2D eigenvalue weighted by atomic mass is 19.4. The molecule has 0 aromatic carbocycles. The first-order chi connectivity index (χ1) is 12.7. The van der Waals surface area contributed by atoms with Gasteiger partial charge in [-0.15, -0.1) is 0 Å². The molecule has 3 rings (SSSR count). The molecule has 0 amide bonds. The van der Waals surface area contributed by atoms with Crippen molar-refractivity contribution in [3.8, 4) is 5.88 Å². The predicted molar refractivity (Wildman–Crippen MR) is 92.2 cm³/mol. The Morgan fingerprint density at radius 1 is 1.33 bits per heavy atom. The van der Waals surface area contributed by atoms with E-state index in [0.717, 1.165) is 12.8 Å². The average molecular weight is 383 g/mol. The lowest BCUT2D eigenvalue weighted by Crippen LogP contribution is -2.31. The maximum Gasteiger partial charge on any atom is 0.435 e. The first kappa shape index (κ1) is 19.1. The maximum atomic E-state index is 13.4. The fourth-order valence-corrected chi connectivity index (χ4v) is 2.79. The highest BCUT2D eigenvalue weighted by Gasteiger charge is 2.37. The van der Waals surface area contributed by atoms with Crippen molar-refractivity contribution < 1.29 is 17.9 Å². The molecule has 0 aliphatic heterocycles. The molecule has 0 bridgehead atoms. The van der Waals surface area contributed by atoms with Crippen molar-refractivity contribution in [1.82, 2.24) is 19.7 Å². The lowest BCUT2D eigenvalue weighted by molar-refractivity contribution is -0.140. The number of ether oxygens (including phenoxy) is 1. The molecule has 1 aliphatic carbocycles. The number of aryl methyl sites for hydroxylation is 1. The molecule has 0 spiro atoms. The van der Waals surface area contributed by atoms with Crippen molar-refractivity contribution >= 4 is 11.5 Å². The summed E-state index contributed by atoms with van der Waals surface area (Å²) in [7, 11) is 0. The molecule has 2 aromatic rings. The molecule has 1 N–H and O–H groups in total. The van der Waals surface area contributed by atoms with Crippen molar-refractivity contribution in [2.75, 3.05) is 11.9 Å². The first-order valence-electron chi connectivity index (χ1n) is 8.66. The van der Waals surface area contributed by atoms with E-state index in [1.165, 1.54) is 16.8 Å². The van der Waals surface area contributed by atoms with E-state index in [4.69, 9.17) is 4.74 Å². The summed E-state index contributed by atoms with van der Waals surface area (Å²) < 4.78 is 46.5. The number of aromatic nitrogens is 4. The zero-order valence-electron chi connectivity index (χ0n) is 15.2. The standard InChI is InChI=1S/C17H20F3N5O2/c1-4-27-13-8-7-12(14(23-13)17(18,19)20)22-15-16(26)25(24-10(3)21-15)9(2)11-5-6-11/h7-9,11H,4-6H2,1-3H3,(H,21,22,24)/t9-/m0/s1. The average Bonchev–Trinajstić information content (AvgIpc) is 3.43. The summed E-state index contributed by atoms with van der Waals surface area (Å²) in [5.74, 6) is 0.278. The Labute approximate surface area is 153 Å². The highest BCUT2D eigenvalue weighted by Crippen LogP contribution is 2.39. The molecular weight excluding hydrogens is 363 g/mol. The normalized spacial score (nSPS) is 15.5. The first-order valence-corrected chi connectivity index (χ1v) is 8.66. The van der Waals surface area contributed by atoms with Gasteiger partial charge in [-0.05, 0) is 45.6 Å². The number of anilines is 2. The van der Waals surface area contributed by atoms with Gasteiger partial charge in [0.25, 0.3) is 0 Å². The SMILES string of the molecule is CCOc1ccc(Nc2nc(C)nn([C@@H](C)C3CC3)c2=O)c(C(F)(F)F)n1. The molecule has 10 heteroatoms. The Balaban J connectivity index is 2.01. The second-order valence-electron chi connectivity index (χ2n) is 6.44. The molecule has 1 aliphatic rings. The second kappa shape index (κ2) is 7.16. The minimum absolute atomic E-state index is 0.139. The van der Waals surface area contributed by atoms with E-state index in [-0.39, 0.29) is 35.9 Å². The molecule has 0 unspecified atom stereocenters. The third-order valence-corrected chi connectivity index (χ3v) is 4.31. The minimum atomic E-state index is -4.72. The maximum absolute atomic E-state index is 13.4. The van der Waals surface area contributed by atoms with Crippen LogP contribution in [0.15, 0.2) is 16.9 Å². The number of nitrogens with zero attached hydrogens (tertiary/aromatic N) is 4. The van der Waals surface area contributed by atoms with E-state index in [0.29, 0.717) is 5.92 Å². The van der Waals surface area contributed by atoms with Crippen molar-refractivity contribution in [2.24, 2.45) is 5.92 Å². The molecular formula is C17H20F3N5O2. The van der Waals surface area contributed by atoms with E-state index in [1.807, 2.05) is 6.92 Å². The molecule has 146 valence electrons. The monoisotopic (exact) mass is 383 g/mol. The molecule has 27 heavy (non-hydrogen) atoms. The summed E-state index contributed by atoms with van der Waals surface area (Å²) in [4.78, 5) is 20.2. The van der Waals surface area contributed by atoms with Gasteiger partial charge in [0.15, 0.2) is 5.69 Å². The number of halogens is 3. The largest absolute Gasteiger partial charge is 0.478 e. The van der Waals surface area contributed by atoms with E-state index >= 15 is 0 Å². The summed E-state index contributed by atoms with van der Waals surface area (Å²) in [6.45, 7) is 5.29. The second-order valence-corrected chi connectivity index (χ2v) is 6.44. The predicted octanol–water partition coefficient (Wildman–Crippen LogP) is 3.47. The van der Waals surface area contributed by atoms with Gasteiger partial charge in [0.1, 0.15) is 5.82 Å². The van der Waals surface area contributed by atoms with Crippen LogP contribution in [0.5, 0.6) is 5.88 Å². The summed E-state index contributed by atoms with van der Waals surface area (Å²) in [6.07, 6.45) is -2.72. The molecule has 0 saturated heterocycles. The molecule has 1 fully saturated rings. The number of alkyl halides is 3. The Morgan fingerprint density at radius 2 is 2.04 bits per heavy atom. The Hall–Kier alpha value is -2.65. The Kier molecular flexibility index (Phi) is 5.07. The van der Waals surface area contributed by atoms with E-state index in [1.54, 1.807) is 13.8 Å². The number of hydrogen-bond donors (Lipinski definition) is 1. The van der Waals surface area contributed by atoms with Crippen LogP contribution in [0.25, 0.3) is 0 Å². The van der Waals surface area contributed by atoms with Crippen LogP contribution in [0.2, 0.25) is 0 Å². The molecule has 1 atom stereocenters.